The van der Waals surface area contributed by atoms with Crippen molar-refractivity contribution in [3.63, 3.8) is 0 Å². The fraction of sp³-hybridized carbons (Fsp3) is 0.579. The number of nitrogens with one attached hydrogen (secondary N) is 1. The van der Waals surface area contributed by atoms with E-state index >= 15 is 0 Å². The van der Waals surface area contributed by atoms with Crippen LogP contribution < -0.4 is 19.5 Å². The molecular formula is C19H28N2O6. The molecule has 8 heteroatoms. The average Bonchev–Trinajstić information content (AvgIpc) is 2.71. The summed E-state index contributed by atoms with van der Waals surface area (Å²) in [5.74, 6) is 0.513. The molecule has 27 heavy (non-hydrogen) atoms. The highest BCUT2D eigenvalue weighted by Gasteiger charge is 2.32. The molecule has 0 saturated carbocycles. The van der Waals surface area contributed by atoms with Gasteiger partial charge in [0.05, 0.1) is 33.9 Å². The molecule has 1 saturated heterocycles. The largest absolute Gasteiger partial charge is 0.493 e. The van der Waals surface area contributed by atoms with Gasteiger partial charge in [0.25, 0.3) is 5.91 Å². The first kappa shape index (κ1) is 20.8. The molecule has 1 fully saturated rings. The van der Waals surface area contributed by atoms with Gasteiger partial charge in [-0.25, -0.2) is 0 Å². The Balaban J connectivity index is 2.20. The molecule has 1 aliphatic heterocycles. The molecule has 1 heterocycles. The van der Waals surface area contributed by atoms with Crippen molar-refractivity contribution < 1.29 is 28.5 Å². The zero-order valence-electron chi connectivity index (χ0n) is 16.5. The third-order valence-electron chi connectivity index (χ3n) is 4.67. The first-order valence-corrected chi connectivity index (χ1v) is 8.96. The highest BCUT2D eigenvalue weighted by molar-refractivity contribution is 5.95. The van der Waals surface area contributed by atoms with Crippen molar-refractivity contribution in [2.75, 3.05) is 47.6 Å². The van der Waals surface area contributed by atoms with E-state index in [4.69, 9.17) is 18.9 Å². The second-order valence-corrected chi connectivity index (χ2v) is 6.27. The van der Waals surface area contributed by atoms with Crippen LogP contribution in [0.4, 0.5) is 0 Å². The second-order valence-electron chi connectivity index (χ2n) is 6.27. The fourth-order valence-electron chi connectivity index (χ4n) is 3.12. The zero-order valence-corrected chi connectivity index (χ0v) is 16.5. The maximum Gasteiger partial charge on any atom is 0.310 e. The summed E-state index contributed by atoms with van der Waals surface area (Å²) in [5, 5.41) is 3.29. The molecule has 0 aliphatic carbocycles. The molecule has 1 N–H and O–H groups in total. The lowest BCUT2D eigenvalue weighted by Crippen LogP contribution is -2.56. The number of nitrogens with zero attached hydrogens (tertiary/aromatic N) is 1. The molecule has 2 unspecified atom stereocenters. The van der Waals surface area contributed by atoms with Gasteiger partial charge in [-0.3, -0.25) is 9.59 Å². The predicted octanol–water partition coefficient (Wildman–Crippen LogP) is 1.33. The van der Waals surface area contributed by atoms with Gasteiger partial charge in [0.15, 0.2) is 11.5 Å². The van der Waals surface area contributed by atoms with Gasteiger partial charge in [-0.15, -0.1) is 0 Å². The molecule has 2 rings (SSSR count). The summed E-state index contributed by atoms with van der Waals surface area (Å²) in [7, 11) is 4.53. The Hall–Kier alpha value is -2.48. The number of amides is 1. The standard InChI is InChI=1S/C19H28N2O6/c1-6-27-19(23)12(2)14-11-21(8-7-20-14)18(22)13-9-15(24-3)17(26-5)16(10-13)25-4/h9-10,12,14,20H,6-8,11H2,1-5H3. The summed E-state index contributed by atoms with van der Waals surface area (Å²) in [6.45, 7) is 5.48. The van der Waals surface area contributed by atoms with Crippen LogP contribution in [0.1, 0.15) is 24.2 Å². The van der Waals surface area contributed by atoms with Crippen LogP contribution in [0.3, 0.4) is 0 Å². The predicted molar refractivity (Wildman–Crippen MR) is 99.6 cm³/mol. The summed E-state index contributed by atoms with van der Waals surface area (Å²) < 4.78 is 21.0. The molecular weight excluding hydrogens is 352 g/mol. The van der Waals surface area contributed by atoms with Gasteiger partial charge in [0.1, 0.15) is 0 Å². The van der Waals surface area contributed by atoms with Crippen molar-refractivity contribution in [2.45, 2.75) is 19.9 Å². The molecule has 150 valence electrons. The van der Waals surface area contributed by atoms with Crippen LogP contribution >= 0.6 is 0 Å². The molecule has 0 bridgehead atoms. The van der Waals surface area contributed by atoms with Gasteiger partial charge in [-0.05, 0) is 19.1 Å². The number of esters is 1. The third-order valence-corrected chi connectivity index (χ3v) is 4.67. The first-order chi connectivity index (χ1) is 13.0. The van der Waals surface area contributed by atoms with Gasteiger partial charge >= 0.3 is 5.97 Å². The summed E-state index contributed by atoms with van der Waals surface area (Å²) in [6, 6.07) is 3.11. The molecule has 1 aliphatic rings. The molecule has 1 amide bonds. The topological polar surface area (TPSA) is 86.3 Å². The highest BCUT2D eigenvalue weighted by Crippen LogP contribution is 2.38. The number of hydrogen-bond acceptors (Lipinski definition) is 7. The van der Waals surface area contributed by atoms with Crippen molar-refractivity contribution in [1.29, 1.82) is 0 Å². The number of rotatable bonds is 7. The molecule has 8 nitrogen and oxygen atoms in total. The number of methoxy groups -OCH3 is 3. The normalized spacial score (nSPS) is 17.8. The van der Waals surface area contributed by atoms with Crippen LogP contribution in [0, 0.1) is 5.92 Å². The summed E-state index contributed by atoms with van der Waals surface area (Å²) in [4.78, 5) is 26.8. The molecule has 1 aromatic rings. The summed E-state index contributed by atoms with van der Waals surface area (Å²) >= 11 is 0. The van der Waals surface area contributed by atoms with Gasteiger partial charge in [0.2, 0.25) is 5.75 Å². The molecule has 0 spiro atoms. The van der Waals surface area contributed by atoms with E-state index in [0.717, 1.165) is 0 Å². The Morgan fingerprint density at radius 2 is 1.81 bits per heavy atom. The van der Waals surface area contributed by atoms with Crippen LogP contribution in [-0.2, 0) is 9.53 Å². The van der Waals surface area contributed by atoms with Crippen LogP contribution in [0.15, 0.2) is 12.1 Å². The number of benzene rings is 1. The number of ether oxygens (including phenoxy) is 4. The highest BCUT2D eigenvalue weighted by atomic mass is 16.5. The Bertz CT molecular complexity index is 653. The van der Waals surface area contributed by atoms with Gasteiger partial charge in [-0.1, -0.05) is 6.92 Å². The SMILES string of the molecule is CCOC(=O)C(C)C1CN(C(=O)c2cc(OC)c(OC)c(OC)c2)CCN1. The van der Waals surface area contributed by atoms with E-state index in [1.54, 1.807) is 24.0 Å². The lowest BCUT2D eigenvalue weighted by Gasteiger charge is -2.36. The smallest absolute Gasteiger partial charge is 0.310 e. The van der Waals surface area contributed by atoms with Crippen LogP contribution in [0.2, 0.25) is 0 Å². The molecule has 2 atom stereocenters. The Morgan fingerprint density at radius 3 is 2.33 bits per heavy atom. The maximum absolute atomic E-state index is 13.0. The lowest BCUT2D eigenvalue weighted by atomic mass is 9.99. The Labute approximate surface area is 159 Å². The second kappa shape index (κ2) is 9.45. The Kier molecular flexibility index (Phi) is 7.29. The number of hydrogen-bond donors (Lipinski definition) is 1. The molecule has 0 aromatic heterocycles. The summed E-state index contributed by atoms with van der Waals surface area (Å²) in [6.07, 6.45) is 0. The lowest BCUT2D eigenvalue weighted by molar-refractivity contribution is -0.148. The fourth-order valence-corrected chi connectivity index (χ4v) is 3.12. The molecule has 1 aromatic carbocycles. The van der Waals surface area contributed by atoms with Crippen molar-refractivity contribution in [3.05, 3.63) is 17.7 Å². The number of carbonyl (C=O) groups excluding carboxylic acids is 2. The van der Waals surface area contributed by atoms with E-state index < -0.39 is 0 Å². The van der Waals surface area contributed by atoms with E-state index in [-0.39, 0.29) is 23.8 Å². The van der Waals surface area contributed by atoms with Gasteiger partial charge < -0.3 is 29.2 Å². The minimum atomic E-state index is -0.347. The quantitative estimate of drug-likeness (QED) is 0.714. The van der Waals surface area contributed by atoms with Gasteiger partial charge in [0, 0.05) is 31.2 Å². The van der Waals surface area contributed by atoms with Gasteiger partial charge in [-0.2, -0.15) is 0 Å². The van der Waals surface area contributed by atoms with Crippen molar-refractivity contribution in [2.24, 2.45) is 5.92 Å². The van der Waals surface area contributed by atoms with E-state index in [9.17, 15) is 9.59 Å². The first-order valence-electron chi connectivity index (χ1n) is 8.96. The minimum Gasteiger partial charge on any atom is -0.493 e. The van der Waals surface area contributed by atoms with E-state index in [0.29, 0.717) is 49.1 Å². The van der Waals surface area contributed by atoms with Crippen molar-refractivity contribution in [3.8, 4) is 17.2 Å². The van der Waals surface area contributed by atoms with Crippen molar-refractivity contribution >= 4 is 11.9 Å². The van der Waals surface area contributed by atoms with Crippen molar-refractivity contribution in [1.82, 2.24) is 10.2 Å². The van der Waals surface area contributed by atoms with E-state index in [1.165, 1.54) is 21.3 Å². The number of piperazine rings is 1. The molecule has 0 radical (unpaired) electrons. The van der Waals surface area contributed by atoms with Crippen LogP contribution in [0.25, 0.3) is 0 Å². The number of carbonyl (C=O) groups is 2. The summed E-state index contributed by atoms with van der Waals surface area (Å²) in [5.41, 5.74) is 0.439. The van der Waals surface area contributed by atoms with E-state index in [1.807, 2.05) is 6.92 Å². The minimum absolute atomic E-state index is 0.156. The van der Waals surface area contributed by atoms with Crippen LogP contribution in [0.5, 0.6) is 17.2 Å². The average molecular weight is 380 g/mol. The Morgan fingerprint density at radius 1 is 1.19 bits per heavy atom. The third kappa shape index (κ3) is 4.63. The maximum atomic E-state index is 13.0. The van der Waals surface area contributed by atoms with Crippen LogP contribution in [-0.4, -0.2) is 70.4 Å². The monoisotopic (exact) mass is 380 g/mol. The zero-order chi connectivity index (χ0) is 20.0. The van der Waals surface area contributed by atoms with E-state index in [2.05, 4.69) is 5.32 Å².